The first-order valence-corrected chi connectivity index (χ1v) is 9.59. The normalized spacial score (nSPS) is 27.6. The van der Waals surface area contributed by atoms with E-state index < -0.39 is 0 Å². The van der Waals surface area contributed by atoms with Crippen molar-refractivity contribution in [3.63, 3.8) is 0 Å². The fourth-order valence-electron chi connectivity index (χ4n) is 4.52. The van der Waals surface area contributed by atoms with E-state index in [1.807, 2.05) is 0 Å². The lowest BCUT2D eigenvalue weighted by atomic mass is 9.86. The minimum absolute atomic E-state index is 0.374. The van der Waals surface area contributed by atoms with Crippen molar-refractivity contribution in [2.75, 3.05) is 19.6 Å². The number of hydrogen-bond donors (Lipinski definition) is 1. The molecule has 2 nitrogen and oxygen atoms in total. The maximum absolute atomic E-state index is 3.88. The molecule has 0 radical (unpaired) electrons. The number of nitrogens with one attached hydrogen (secondary N) is 1. The van der Waals surface area contributed by atoms with Gasteiger partial charge in [0.25, 0.3) is 0 Å². The van der Waals surface area contributed by atoms with Gasteiger partial charge in [0.05, 0.1) is 0 Å². The summed E-state index contributed by atoms with van der Waals surface area (Å²) in [4.78, 5) is 2.82. The van der Waals surface area contributed by atoms with Gasteiger partial charge in [0, 0.05) is 24.7 Å². The second-order valence-corrected chi connectivity index (χ2v) is 7.94. The Hall–Kier alpha value is -0.0800. The van der Waals surface area contributed by atoms with Gasteiger partial charge in [0.2, 0.25) is 0 Å². The summed E-state index contributed by atoms with van der Waals surface area (Å²) in [6.45, 7) is 13.2. The summed E-state index contributed by atoms with van der Waals surface area (Å²) in [5, 5.41) is 3.88. The fraction of sp³-hybridized carbons (Fsp3) is 1.00. The van der Waals surface area contributed by atoms with Gasteiger partial charge in [0.15, 0.2) is 0 Å². The second-order valence-electron chi connectivity index (χ2n) is 7.94. The highest BCUT2D eigenvalue weighted by atomic mass is 15.3. The maximum atomic E-state index is 3.88. The number of piperazine rings is 1. The number of hydrogen-bond acceptors (Lipinski definition) is 2. The number of nitrogens with zero attached hydrogens (tertiary/aromatic N) is 1. The minimum atomic E-state index is 0.374. The van der Waals surface area contributed by atoms with E-state index in [4.69, 9.17) is 0 Å². The Morgan fingerprint density at radius 2 is 1.81 bits per heavy atom. The van der Waals surface area contributed by atoms with Crippen LogP contribution in [-0.2, 0) is 0 Å². The molecule has 2 heteroatoms. The van der Waals surface area contributed by atoms with Crippen LogP contribution in [0, 0.1) is 11.8 Å². The Kier molecular flexibility index (Phi) is 6.55. The summed E-state index contributed by atoms with van der Waals surface area (Å²) >= 11 is 0. The van der Waals surface area contributed by atoms with Crippen molar-refractivity contribution in [1.29, 1.82) is 0 Å². The van der Waals surface area contributed by atoms with E-state index in [2.05, 4.69) is 37.9 Å². The van der Waals surface area contributed by atoms with E-state index in [-0.39, 0.29) is 0 Å². The van der Waals surface area contributed by atoms with Gasteiger partial charge in [0.1, 0.15) is 0 Å². The second kappa shape index (κ2) is 7.97. The highest BCUT2D eigenvalue weighted by Crippen LogP contribution is 2.30. The summed E-state index contributed by atoms with van der Waals surface area (Å²) in [5.41, 5.74) is 0.374. The molecule has 0 amide bonds. The van der Waals surface area contributed by atoms with Crippen LogP contribution in [0.2, 0.25) is 0 Å². The van der Waals surface area contributed by atoms with Gasteiger partial charge < -0.3 is 5.32 Å². The first-order chi connectivity index (χ1) is 10.1. The van der Waals surface area contributed by atoms with Crippen LogP contribution >= 0.6 is 0 Å². The van der Waals surface area contributed by atoms with Crippen LogP contribution in [0.1, 0.15) is 79.1 Å². The topological polar surface area (TPSA) is 15.3 Å². The molecule has 1 aliphatic carbocycles. The van der Waals surface area contributed by atoms with Gasteiger partial charge in [-0.15, -0.1) is 0 Å². The zero-order chi connectivity index (χ0) is 15.3. The van der Waals surface area contributed by atoms with Crippen LogP contribution in [0.5, 0.6) is 0 Å². The third-order valence-electron chi connectivity index (χ3n) is 6.32. The van der Waals surface area contributed by atoms with Crippen LogP contribution in [-0.4, -0.2) is 36.1 Å². The Bertz CT molecular complexity index is 290. The highest BCUT2D eigenvalue weighted by Gasteiger charge is 2.37. The molecule has 2 rings (SSSR count). The first-order valence-electron chi connectivity index (χ1n) is 9.59. The van der Waals surface area contributed by atoms with Crippen molar-refractivity contribution in [2.24, 2.45) is 11.8 Å². The molecule has 0 spiro atoms. The van der Waals surface area contributed by atoms with Crippen LogP contribution in [0.15, 0.2) is 0 Å². The van der Waals surface area contributed by atoms with Crippen molar-refractivity contribution in [3.05, 3.63) is 0 Å². The summed E-state index contributed by atoms with van der Waals surface area (Å²) in [6.07, 6.45) is 11.4. The molecule has 2 fully saturated rings. The molecule has 1 saturated carbocycles. The van der Waals surface area contributed by atoms with E-state index >= 15 is 0 Å². The monoisotopic (exact) mass is 294 g/mol. The van der Waals surface area contributed by atoms with E-state index in [9.17, 15) is 0 Å². The lowest BCUT2D eigenvalue weighted by Gasteiger charge is -2.49. The van der Waals surface area contributed by atoms with Gasteiger partial charge >= 0.3 is 0 Å². The molecule has 0 aromatic heterocycles. The van der Waals surface area contributed by atoms with Crippen molar-refractivity contribution in [2.45, 2.75) is 90.6 Å². The van der Waals surface area contributed by atoms with Crippen LogP contribution in [0.3, 0.4) is 0 Å². The molecule has 21 heavy (non-hydrogen) atoms. The maximum Gasteiger partial charge on any atom is 0.0304 e. The van der Waals surface area contributed by atoms with E-state index in [0.29, 0.717) is 5.54 Å². The van der Waals surface area contributed by atoms with Crippen molar-refractivity contribution in [3.8, 4) is 0 Å². The third-order valence-corrected chi connectivity index (χ3v) is 6.32. The molecule has 0 aromatic rings. The Labute approximate surface area is 133 Å². The zero-order valence-corrected chi connectivity index (χ0v) is 15.0. The molecule has 1 unspecified atom stereocenters. The summed E-state index contributed by atoms with van der Waals surface area (Å²) in [5.74, 6) is 1.81. The average Bonchev–Trinajstić information content (AvgIpc) is 3.00. The lowest BCUT2D eigenvalue weighted by molar-refractivity contribution is 0.0483. The fourth-order valence-corrected chi connectivity index (χ4v) is 4.52. The Balaban J connectivity index is 1.87. The first kappa shape index (κ1) is 17.3. The highest BCUT2D eigenvalue weighted by molar-refractivity contribution is 4.97. The smallest absolute Gasteiger partial charge is 0.0304 e. The summed E-state index contributed by atoms with van der Waals surface area (Å²) in [6, 6.07) is 0.736. The molecule has 2 aliphatic rings. The molecule has 1 atom stereocenters. The predicted octanol–water partition coefficient (Wildman–Crippen LogP) is 4.45. The molecule has 1 heterocycles. The van der Waals surface area contributed by atoms with Gasteiger partial charge in [-0.05, 0) is 44.1 Å². The molecule has 1 N–H and O–H groups in total. The van der Waals surface area contributed by atoms with Crippen molar-refractivity contribution >= 4 is 0 Å². The van der Waals surface area contributed by atoms with E-state index in [0.717, 1.165) is 17.9 Å². The standard InChI is InChI=1S/C19H38N2/c1-5-19(6-2)15-21(18(14-20-19)16(3)4)13-9-12-17-10-7-8-11-17/h16-18,20H,5-15H2,1-4H3. The van der Waals surface area contributed by atoms with Gasteiger partial charge in [-0.3, -0.25) is 4.90 Å². The van der Waals surface area contributed by atoms with E-state index in [1.165, 1.54) is 71.0 Å². The molecular weight excluding hydrogens is 256 g/mol. The molecule has 124 valence electrons. The van der Waals surface area contributed by atoms with Gasteiger partial charge in [-0.1, -0.05) is 53.4 Å². The Morgan fingerprint density at radius 3 is 2.38 bits per heavy atom. The van der Waals surface area contributed by atoms with Crippen LogP contribution < -0.4 is 5.32 Å². The third kappa shape index (κ3) is 4.45. The van der Waals surface area contributed by atoms with Crippen LogP contribution in [0.25, 0.3) is 0 Å². The SMILES string of the molecule is CCC1(CC)CN(CCCC2CCCC2)C(C(C)C)CN1. The largest absolute Gasteiger partial charge is 0.308 e. The van der Waals surface area contributed by atoms with Crippen LogP contribution in [0.4, 0.5) is 0 Å². The zero-order valence-electron chi connectivity index (χ0n) is 15.0. The summed E-state index contributed by atoms with van der Waals surface area (Å²) in [7, 11) is 0. The average molecular weight is 295 g/mol. The van der Waals surface area contributed by atoms with Gasteiger partial charge in [-0.25, -0.2) is 0 Å². The van der Waals surface area contributed by atoms with Gasteiger partial charge in [-0.2, -0.15) is 0 Å². The quantitative estimate of drug-likeness (QED) is 0.746. The Morgan fingerprint density at radius 1 is 1.14 bits per heavy atom. The van der Waals surface area contributed by atoms with Crippen molar-refractivity contribution in [1.82, 2.24) is 10.2 Å². The molecule has 0 bridgehead atoms. The molecular formula is C19H38N2. The number of rotatable bonds is 7. The molecule has 1 saturated heterocycles. The van der Waals surface area contributed by atoms with Crippen molar-refractivity contribution < 1.29 is 0 Å². The van der Waals surface area contributed by atoms with E-state index in [1.54, 1.807) is 0 Å². The molecule has 1 aliphatic heterocycles. The summed E-state index contributed by atoms with van der Waals surface area (Å²) < 4.78 is 0. The molecule has 0 aromatic carbocycles. The minimum Gasteiger partial charge on any atom is -0.308 e. The predicted molar refractivity (Wildman–Crippen MR) is 92.7 cm³/mol. The lowest BCUT2D eigenvalue weighted by Crippen LogP contribution is -2.65.